The van der Waals surface area contributed by atoms with Gasteiger partial charge in [0, 0.05) is 10.5 Å². The molecule has 0 unspecified atom stereocenters. The number of rotatable bonds is 4. The van der Waals surface area contributed by atoms with Crippen molar-refractivity contribution < 1.29 is 38.9 Å². The summed E-state index contributed by atoms with van der Waals surface area (Å²) in [6.45, 7) is 0. The number of thiol groups is 1. The Hall–Kier alpha value is -1.48. The minimum absolute atomic E-state index is 0.0805. The van der Waals surface area contributed by atoms with Gasteiger partial charge in [0.2, 0.25) is 0 Å². The summed E-state index contributed by atoms with van der Waals surface area (Å²) >= 11 is 4.06. The minimum Gasteiger partial charge on any atom is -0.282 e. The normalized spacial score (nSPS) is 13.0. The molecule has 0 spiro atoms. The Kier molecular flexibility index (Phi) is 5.04. The van der Waals surface area contributed by atoms with Crippen LogP contribution in [0.4, 0.5) is 0 Å². The highest BCUT2D eigenvalue weighted by Crippen LogP contribution is 2.38. The van der Waals surface area contributed by atoms with E-state index in [1.165, 1.54) is 24.3 Å². The van der Waals surface area contributed by atoms with Crippen LogP contribution in [-0.4, -0.2) is 38.9 Å². The highest BCUT2D eigenvalue weighted by molar-refractivity contribution is 7.87. The molecule has 13 heteroatoms. The lowest BCUT2D eigenvalue weighted by molar-refractivity contribution is 0.479. The number of hydrogen-bond acceptors (Lipinski definition) is 7. The summed E-state index contributed by atoms with van der Waals surface area (Å²) in [6.07, 6.45) is 0. The molecule has 0 radical (unpaired) electrons. The fourth-order valence-electron chi connectivity index (χ4n) is 2.07. The van der Waals surface area contributed by atoms with Crippen LogP contribution in [0.5, 0.6) is 0 Å². The average molecular weight is 426 g/mol. The van der Waals surface area contributed by atoms with Gasteiger partial charge < -0.3 is 0 Å². The second kappa shape index (κ2) is 6.35. The van der Waals surface area contributed by atoms with Crippen LogP contribution < -0.4 is 0 Å². The van der Waals surface area contributed by atoms with Gasteiger partial charge in [-0.2, -0.15) is 25.3 Å². The third kappa shape index (κ3) is 4.20. The first kappa shape index (κ1) is 19.8. The zero-order valence-corrected chi connectivity index (χ0v) is 15.3. The summed E-state index contributed by atoms with van der Waals surface area (Å²) < 4.78 is 97.2. The molecule has 9 nitrogen and oxygen atoms in total. The third-order valence-corrected chi connectivity index (χ3v) is 6.04. The van der Waals surface area contributed by atoms with Crippen molar-refractivity contribution in [2.45, 2.75) is 19.6 Å². The Morgan fingerprint density at radius 2 is 1.16 bits per heavy atom. The molecule has 2 aromatic rings. The number of hydrogen-bond donors (Lipinski definition) is 4. The molecule has 0 bridgehead atoms. The molecule has 0 aliphatic heterocycles. The summed E-state index contributed by atoms with van der Waals surface area (Å²) in [4.78, 5) is -3.35. The maximum absolute atomic E-state index is 11.7. The first-order valence-electron chi connectivity index (χ1n) is 6.12. The summed E-state index contributed by atoms with van der Waals surface area (Å²) in [5, 5.41) is 0. The molecular formula is C12H10O9S4. The third-order valence-electron chi connectivity index (χ3n) is 3.07. The van der Waals surface area contributed by atoms with E-state index in [-0.39, 0.29) is 10.5 Å². The van der Waals surface area contributed by atoms with Gasteiger partial charge in [0.05, 0.1) is 4.90 Å². The monoisotopic (exact) mass is 426 g/mol. The molecule has 25 heavy (non-hydrogen) atoms. The maximum Gasteiger partial charge on any atom is 0.295 e. The molecule has 0 heterocycles. The average Bonchev–Trinajstić information content (AvgIpc) is 2.43. The molecule has 0 atom stereocenters. The van der Waals surface area contributed by atoms with Gasteiger partial charge in [-0.3, -0.25) is 13.7 Å². The van der Waals surface area contributed by atoms with Crippen LogP contribution in [0.25, 0.3) is 11.1 Å². The van der Waals surface area contributed by atoms with Crippen LogP contribution in [0.2, 0.25) is 0 Å². The standard InChI is InChI=1S/C12H10O9S4/c13-23(14,15)7-5-10(24(16,17)18)12(11(6-7)25(19,20)21)8-3-1-2-4-9(8)22/h1-6,22H,(H,13,14,15)(H,16,17,18)(H,19,20,21). The zero-order valence-electron chi connectivity index (χ0n) is 11.9. The van der Waals surface area contributed by atoms with Crippen LogP contribution in [0, 0.1) is 0 Å². The fourth-order valence-corrected chi connectivity index (χ4v) is 4.60. The lowest BCUT2D eigenvalue weighted by Gasteiger charge is -2.15. The quantitative estimate of drug-likeness (QED) is 0.418. The van der Waals surface area contributed by atoms with Crippen LogP contribution in [0.1, 0.15) is 0 Å². The molecule has 2 aromatic carbocycles. The van der Waals surface area contributed by atoms with E-state index < -0.39 is 50.6 Å². The lowest BCUT2D eigenvalue weighted by atomic mass is 10.1. The fraction of sp³-hybridized carbons (Fsp3) is 0. The van der Waals surface area contributed by atoms with Gasteiger partial charge in [-0.1, -0.05) is 18.2 Å². The van der Waals surface area contributed by atoms with E-state index in [4.69, 9.17) is 4.55 Å². The number of benzene rings is 2. The summed E-state index contributed by atoms with van der Waals surface area (Å²) in [5.41, 5.74) is -0.809. The van der Waals surface area contributed by atoms with Crippen LogP contribution in [0.3, 0.4) is 0 Å². The smallest absolute Gasteiger partial charge is 0.282 e. The van der Waals surface area contributed by atoms with Crippen molar-refractivity contribution in [1.29, 1.82) is 0 Å². The van der Waals surface area contributed by atoms with E-state index >= 15 is 0 Å². The van der Waals surface area contributed by atoms with Gasteiger partial charge in [0.1, 0.15) is 9.79 Å². The van der Waals surface area contributed by atoms with Gasteiger partial charge >= 0.3 is 0 Å². The van der Waals surface area contributed by atoms with E-state index in [0.717, 1.165) is 0 Å². The Balaban J connectivity index is 3.17. The molecule has 0 aliphatic carbocycles. The SMILES string of the molecule is O=S(=O)(O)c1cc(S(=O)(=O)O)c(-c2ccccc2S)c(S(=O)(=O)O)c1. The lowest BCUT2D eigenvalue weighted by Crippen LogP contribution is -2.11. The highest BCUT2D eigenvalue weighted by atomic mass is 32.2. The van der Waals surface area contributed by atoms with Crippen LogP contribution in [-0.2, 0) is 30.4 Å². The minimum atomic E-state index is -5.15. The summed E-state index contributed by atoms with van der Waals surface area (Å²) in [5.74, 6) is 0. The molecule has 0 fully saturated rings. The molecule has 0 aromatic heterocycles. The predicted octanol–water partition coefficient (Wildman–Crippen LogP) is 1.38. The molecule has 2 rings (SSSR count). The van der Waals surface area contributed by atoms with Crippen LogP contribution >= 0.6 is 12.6 Å². The molecule has 0 saturated heterocycles. The topological polar surface area (TPSA) is 163 Å². The van der Waals surface area contributed by atoms with Gasteiger partial charge in [-0.25, -0.2) is 0 Å². The Morgan fingerprint density at radius 3 is 1.52 bits per heavy atom. The van der Waals surface area contributed by atoms with Crippen molar-refractivity contribution in [2.75, 3.05) is 0 Å². The molecule has 0 saturated carbocycles. The van der Waals surface area contributed by atoms with Crippen molar-refractivity contribution in [3.63, 3.8) is 0 Å². The molecule has 136 valence electrons. The van der Waals surface area contributed by atoms with Gasteiger partial charge in [0.15, 0.2) is 0 Å². The largest absolute Gasteiger partial charge is 0.295 e. The van der Waals surface area contributed by atoms with Crippen LogP contribution in [0.15, 0.2) is 56.0 Å². The van der Waals surface area contributed by atoms with Gasteiger partial charge in [-0.05, 0) is 23.8 Å². The highest BCUT2D eigenvalue weighted by Gasteiger charge is 2.30. The van der Waals surface area contributed by atoms with Gasteiger partial charge in [-0.15, -0.1) is 12.6 Å². The van der Waals surface area contributed by atoms with Gasteiger partial charge in [0.25, 0.3) is 30.4 Å². The summed E-state index contributed by atoms with van der Waals surface area (Å²) in [6, 6.07) is 6.25. The Labute approximate surface area is 149 Å². The zero-order chi connectivity index (χ0) is 19.2. The summed E-state index contributed by atoms with van der Waals surface area (Å²) in [7, 11) is -15.3. The molecule has 3 N–H and O–H groups in total. The van der Waals surface area contributed by atoms with Crippen molar-refractivity contribution in [3.05, 3.63) is 36.4 Å². The van der Waals surface area contributed by atoms with E-state index in [9.17, 15) is 34.4 Å². The molecular weight excluding hydrogens is 416 g/mol. The van der Waals surface area contributed by atoms with E-state index in [0.29, 0.717) is 12.1 Å². The van der Waals surface area contributed by atoms with Crippen molar-refractivity contribution in [1.82, 2.24) is 0 Å². The Bertz CT molecular complexity index is 1110. The molecule has 0 aliphatic rings. The van der Waals surface area contributed by atoms with Crippen molar-refractivity contribution >= 4 is 43.0 Å². The maximum atomic E-state index is 11.7. The predicted molar refractivity (Wildman–Crippen MR) is 88.6 cm³/mol. The first-order valence-corrected chi connectivity index (χ1v) is 10.9. The van der Waals surface area contributed by atoms with Crippen molar-refractivity contribution in [3.8, 4) is 11.1 Å². The second-order valence-corrected chi connectivity index (χ2v) is 9.42. The van der Waals surface area contributed by atoms with E-state index in [1.807, 2.05) is 0 Å². The molecule has 0 amide bonds. The Morgan fingerprint density at radius 1 is 0.720 bits per heavy atom. The van der Waals surface area contributed by atoms with Crippen molar-refractivity contribution in [2.24, 2.45) is 0 Å². The first-order chi connectivity index (χ1) is 11.2. The van der Waals surface area contributed by atoms with E-state index in [1.54, 1.807) is 0 Å². The van der Waals surface area contributed by atoms with E-state index in [2.05, 4.69) is 12.6 Å². The second-order valence-electron chi connectivity index (χ2n) is 4.74.